The van der Waals surface area contributed by atoms with Crippen LogP contribution in [0.25, 0.3) is 0 Å². The number of rotatable bonds is 8. The molecule has 1 aromatic carbocycles. The molecule has 1 N–H and O–H groups in total. The Morgan fingerprint density at radius 2 is 1.87 bits per heavy atom. The number of benzene rings is 1. The van der Waals surface area contributed by atoms with Crippen molar-refractivity contribution in [2.75, 3.05) is 39.0 Å². The van der Waals surface area contributed by atoms with E-state index in [1.807, 2.05) is 39.2 Å². The molecule has 0 bridgehead atoms. The van der Waals surface area contributed by atoms with Crippen LogP contribution in [-0.4, -0.2) is 55.3 Å². The molecule has 0 aromatic heterocycles. The number of nitrogens with zero attached hydrogens (tertiary/aromatic N) is 2. The third-order valence-electron chi connectivity index (χ3n) is 3.55. The quantitative estimate of drug-likeness (QED) is 0.750. The molecule has 0 heterocycles. The summed E-state index contributed by atoms with van der Waals surface area (Å²) >= 11 is 3.40. The predicted molar refractivity (Wildman–Crippen MR) is 97.6 cm³/mol. The Bertz CT molecular complexity index is 547. The van der Waals surface area contributed by atoms with E-state index in [1.54, 1.807) is 11.8 Å². The number of nitrogens with one attached hydrogen (secondary N) is 1. The zero-order valence-corrected chi connectivity index (χ0v) is 15.9. The van der Waals surface area contributed by atoms with Gasteiger partial charge in [-0.05, 0) is 57.7 Å². The van der Waals surface area contributed by atoms with Gasteiger partial charge in [-0.2, -0.15) is 0 Å². The number of anilines is 1. The fourth-order valence-electron chi connectivity index (χ4n) is 2.22. The summed E-state index contributed by atoms with van der Waals surface area (Å²) in [5.74, 6) is -0.0642. The minimum absolute atomic E-state index is 0.0105. The summed E-state index contributed by atoms with van der Waals surface area (Å²) in [6.07, 6.45) is 1.21. The van der Waals surface area contributed by atoms with E-state index < -0.39 is 0 Å². The highest BCUT2D eigenvalue weighted by atomic mass is 79.9. The lowest BCUT2D eigenvalue weighted by molar-refractivity contribution is -0.129. The van der Waals surface area contributed by atoms with E-state index in [0.29, 0.717) is 19.5 Å². The van der Waals surface area contributed by atoms with E-state index in [-0.39, 0.29) is 11.8 Å². The van der Waals surface area contributed by atoms with Crippen LogP contribution in [0.1, 0.15) is 25.3 Å². The van der Waals surface area contributed by atoms with Crippen molar-refractivity contribution in [1.29, 1.82) is 0 Å². The fourth-order valence-corrected chi connectivity index (χ4v) is 2.70. The van der Waals surface area contributed by atoms with Crippen molar-refractivity contribution >= 4 is 33.4 Å². The molecule has 0 atom stereocenters. The lowest BCUT2D eigenvalue weighted by atomic mass is 10.2. The monoisotopic (exact) mass is 383 g/mol. The molecule has 0 fully saturated rings. The maximum Gasteiger partial charge on any atom is 0.226 e. The van der Waals surface area contributed by atoms with Crippen molar-refractivity contribution in [3.63, 3.8) is 0 Å². The van der Waals surface area contributed by atoms with Gasteiger partial charge in [0.15, 0.2) is 0 Å². The number of hydrogen-bond acceptors (Lipinski definition) is 3. The number of halogens is 1. The van der Waals surface area contributed by atoms with Crippen LogP contribution in [0.4, 0.5) is 5.69 Å². The highest BCUT2D eigenvalue weighted by Crippen LogP contribution is 2.20. The Morgan fingerprint density at radius 3 is 2.43 bits per heavy atom. The Kier molecular flexibility index (Phi) is 8.26. The highest BCUT2D eigenvalue weighted by Gasteiger charge is 2.12. The molecular formula is C17H26BrN3O2. The summed E-state index contributed by atoms with van der Waals surface area (Å²) in [6.45, 7) is 5.55. The molecule has 0 radical (unpaired) electrons. The first kappa shape index (κ1) is 19.6. The van der Waals surface area contributed by atoms with Crippen molar-refractivity contribution in [2.45, 2.75) is 26.7 Å². The number of hydrogen-bond donors (Lipinski definition) is 1. The average molecular weight is 384 g/mol. The topological polar surface area (TPSA) is 52.7 Å². The van der Waals surface area contributed by atoms with Gasteiger partial charge in [-0.3, -0.25) is 9.59 Å². The van der Waals surface area contributed by atoms with Gasteiger partial charge in [0.25, 0.3) is 0 Å². The SMILES string of the molecule is CC(=O)N(CCCN(C)C)CCC(=O)Nc1ccc(Br)cc1C. The normalized spacial score (nSPS) is 10.7. The standard InChI is InChI=1S/C17H26BrN3O2/c1-13-12-15(18)6-7-16(13)19-17(23)8-11-21(14(2)22)10-5-9-20(3)4/h6-7,12H,5,8-11H2,1-4H3,(H,19,23). The summed E-state index contributed by atoms with van der Waals surface area (Å²) in [4.78, 5) is 27.6. The first-order valence-corrected chi connectivity index (χ1v) is 8.55. The third kappa shape index (κ3) is 7.61. The molecule has 0 saturated heterocycles. The van der Waals surface area contributed by atoms with Gasteiger partial charge in [0, 0.05) is 36.6 Å². The van der Waals surface area contributed by atoms with E-state index in [0.717, 1.165) is 28.7 Å². The van der Waals surface area contributed by atoms with Crippen LogP contribution in [0.5, 0.6) is 0 Å². The molecule has 1 rings (SSSR count). The maximum absolute atomic E-state index is 12.1. The Balaban J connectivity index is 2.47. The van der Waals surface area contributed by atoms with Gasteiger partial charge in [0.05, 0.1) is 0 Å². The van der Waals surface area contributed by atoms with Crippen molar-refractivity contribution in [2.24, 2.45) is 0 Å². The van der Waals surface area contributed by atoms with Crippen LogP contribution in [0, 0.1) is 6.92 Å². The first-order chi connectivity index (χ1) is 10.8. The molecular weight excluding hydrogens is 358 g/mol. The molecule has 0 spiro atoms. The molecule has 128 valence electrons. The summed E-state index contributed by atoms with van der Waals surface area (Å²) in [7, 11) is 4.01. The summed E-state index contributed by atoms with van der Waals surface area (Å²) in [6, 6.07) is 5.72. The highest BCUT2D eigenvalue weighted by molar-refractivity contribution is 9.10. The maximum atomic E-state index is 12.1. The largest absolute Gasteiger partial charge is 0.342 e. The zero-order valence-electron chi connectivity index (χ0n) is 14.4. The predicted octanol–water partition coefficient (Wildman–Crippen LogP) is 2.89. The van der Waals surface area contributed by atoms with Crippen molar-refractivity contribution in [1.82, 2.24) is 9.80 Å². The van der Waals surface area contributed by atoms with Gasteiger partial charge < -0.3 is 15.1 Å². The summed E-state index contributed by atoms with van der Waals surface area (Å²) < 4.78 is 0.983. The fraction of sp³-hybridized carbons (Fsp3) is 0.529. The van der Waals surface area contributed by atoms with E-state index in [4.69, 9.17) is 0 Å². The van der Waals surface area contributed by atoms with E-state index >= 15 is 0 Å². The Morgan fingerprint density at radius 1 is 1.17 bits per heavy atom. The Labute approximate surface area is 147 Å². The van der Waals surface area contributed by atoms with Gasteiger partial charge in [-0.1, -0.05) is 15.9 Å². The number of aryl methyl sites for hydroxylation is 1. The third-order valence-corrected chi connectivity index (χ3v) is 4.04. The minimum Gasteiger partial charge on any atom is -0.342 e. The number of carbonyl (C=O) groups is 2. The average Bonchev–Trinajstić information content (AvgIpc) is 2.45. The van der Waals surface area contributed by atoms with Gasteiger partial charge in [-0.15, -0.1) is 0 Å². The number of carbonyl (C=O) groups excluding carboxylic acids is 2. The second-order valence-corrected chi connectivity index (χ2v) is 6.84. The number of amides is 2. The molecule has 23 heavy (non-hydrogen) atoms. The van der Waals surface area contributed by atoms with Crippen molar-refractivity contribution < 1.29 is 9.59 Å². The molecule has 0 unspecified atom stereocenters. The van der Waals surface area contributed by atoms with Gasteiger partial charge >= 0.3 is 0 Å². The van der Waals surface area contributed by atoms with Crippen LogP contribution < -0.4 is 5.32 Å². The Hall–Kier alpha value is -1.40. The van der Waals surface area contributed by atoms with Gasteiger partial charge in [0.2, 0.25) is 11.8 Å². The molecule has 5 nitrogen and oxygen atoms in total. The molecule has 6 heteroatoms. The van der Waals surface area contributed by atoms with Crippen LogP contribution in [0.15, 0.2) is 22.7 Å². The van der Waals surface area contributed by atoms with Crippen molar-refractivity contribution in [3.05, 3.63) is 28.2 Å². The van der Waals surface area contributed by atoms with E-state index in [2.05, 4.69) is 26.1 Å². The van der Waals surface area contributed by atoms with Crippen molar-refractivity contribution in [3.8, 4) is 0 Å². The molecule has 0 aliphatic heterocycles. The second kappa shape index (κ2) is 9.67. The molecule has 2 amide bonds. The van der Waals surface area contributed by atoms with Gasteiger partial charge in [-0.25, -0.2) is 0 Å². The first-order valence-electron chi connectivity index (χ1n) is 7.76. The summed E-state index contributed by atoms with van der Waals surface area (Å²) in [5, 5.41) is 2.90. The molecule has 1 aromatic rings. The molecule has 0 saturated carbocycles. The molecule has 0 aliphatic carbocycles. The second-order valence-electron chi connectivity index (χ2n) is 5.92. The zero-order chi connectivity index (χ0) is 17.4. The van der Waals surface area contributed by atoms with Crippen LogP contribution >= 0.6 is 15.9 Å². The molecule has 0 aliphatic rings. The van der Waals surface area contributed by atoms with Gasteiger partial charge in [0.1, 0.15) is 0 Å². The van der Waals surface area contributed by atoms with Crippen LogP contribution in [-0.2, 0) is 9.59 Å². The van der Waals surface area contributed by atoms with Crippen LogP contribution in [0.2, 0.25) is 0 Å². The van der Waals surface area contributed by atoms with E-state index in [9.17, 15) is 9.59 Å². The van der Waals surface area contributed by atoms with E-state index in [1.165, 1.54) is 0 Å². The smallest absolute Gasteiger partial charge is 0.226 e. The van der Waals surface area contributed by atoms with Crippen LogP contribution in [0.3, 0.4) is 0 Å². The summed E-state index contributed by atoms with van der Waals surface area (Å²) in [5.41, 5.74) is 1.81. The minimum atomic E-state index is -0.0747. The lowest BCUT2D eigenvalue weighted by Gasteiger charge is -2.22. The lowest BCUT2D eigenvalue weighted by Crippen LogP contribution is -2.34.